The third kappa shape index (κ3) is 5.26. The first kappa shape index (κ1) is 16.7. The van der Waals surface area contributed by atoms with Crippen LogP contribution in [0.1, 0.15) is 12.0 Å². The van der Waals surface area contributed by atoms with Gasteiger partial charge in [-0.1, -0.05) is 0 Å². The Morgan fingerprint density at radius 2 is 2.09 bits per heavy atom. The highest BCUT2D eigenvalue weighted by Crippen LogP contribution is 2.13. The number of aromatic nitrogens is 1. The van der Waals surface area contributed by atoms with E-state index in [9.17, 15) is 0 Å². The van der Waals surface area contributed by atoms with Crippen molar-refractivity contribution in [2.24, 2.45) is 0 Å². The molecule has 0 aromatic carbocycles. The summed E-state index contributed by atoms with van der Waals surface area (Å²) in [7, 11) is 1.94. The van der Waals surface area contributed by atoms with E-state index in [1.807, 2.05) is 19.2 Å². The number of nitrogens with zero attached hydrogens (tertiary/aromatic N) is 4. The maximum Gasteiger partial charge on any atom is 0.128 e. The van der Waals surface area contributed by atoms with Gasteiger partial charge in [0.05, 0.1) is 12.2 Å². The van der Waals surface area contributed by atoms with Gasteiger partial charge < -0.3 is 15.0 Å². The van der Waals surface area contributed by atoms with Crippen LogP contribution in [0.5, 0.6) is 0 Å². The number of hydrogen-bond acceptors (Lipinski definition) is 6. The minimum atomic E-state index is 0.612. The first-order valence-electron chi connectivity index (χ1n) is 7.89. The Balaban J connectivity index is 1.64. The molecule has 1 saturated heterocycles. The number of nitriles is 1. The van der Waals surface area contributed by atoms with Crippen LogP contribution in [0, 0.1) is 11.3 Å². The maximum absolute atomic E-state index is 8.80. The largest absolute Gasteiger partial charge is 0.380 e. The lowest BCUT2D eigenvalue weighted by Crippen LogP contribution is -2.47. The molecule has 0 atom stereocenters. The predicted molar refractivity (Wildman–Crippen MR) is 87.0 cm³/mol. The lowest BCUT2D eigenvalue weighted by atomic mass is 10.2. The second-order valence-corrected chi connectivity index (χ2v) is 5.42. The fourth-order valence-corrected chi connectivity index (χ4v) is 2.51. The molecule has 2 heterocycles. The zero-order chi connectivity index (χ0) is 15.6. The third-order valence-corrected chi connectivity index (χ3v) is 3.83. The van der Waals surface area contributed by atoms with E-state index < -0.39 is 0 Å². The number of piperazine rings is 1. The third-order valence-electron chi connectivity index (χ3n) is 3.83. The predicted octanol–water partition coefficient (Wildman–Crippen LogP) is 0.701. The molecule has 6 heteroatoms. The van der Waals surface area contributed by atoms with Crippen LogP contribution in [0.15, 0.2) is 18.3 Å². The average molecular weight is 303 g/mol. The molecule has 0 amide bonds. The van der Waals surface area contributed by atoms with Gasteiger partial charge in [0.2, 0.25) is 0 Å². The van der Waals surface area contributed by atoms with Crippen molar-refractivity contribution in [1.29, 1.82) is 5.26 Å². The second kappa shape index (κ2) is 9.36. The van der Waals surface area contributed by atoms with Gasteiger partial charge in [0.25, 0.3) is 0 Å². The second-order valence-electron chi connectivity index (χ2n) is 5.42. The highest BCUT2D eigenvalue weighted by Gasteiger charge is 2.17. The highest BCUT2D eigenvalue weighted by atomic mass is 16.5. The molecule has 0 aliphatic carbocycles. The Hall–Kier alpha value is -1.68. The normalized spacial score (nSPS) is 15.7. The first-order chi connectivity index (χ1) is 10.8. The Morgan fingerprint density at radius 3 is 2.73 bits per heavy atom. The quantitative estimate of drug-likeness (QED) is 0.713. The van der Waals surface area contributed by atoms with Crippen LogP contribution >= 0.6 is 0 Å². The van der Waals surface area contributed by atoms with E-state index in [-0.39, 0.29) is 0 Å². The van der Waals surface area contributed by atoms with E-state index in [1.165, 1.54) is 0 Å². The van der Waals surface area contributed by atoms with E-state index in [0.717, 1.165) is 64.7 Å². The van der Waals surface area contributed by atoms with E-state index in [1.54, 1.807) is 6.20 Å². The molecule has 0 spiro atoms. The van der Waals surface area contributed by atoms with Crippen molar-refractivity contribution in [2.75, 3.05) is 64.4 Å². The Labute approximate surface area is 132 Å². The molecule has 1 aromatic rings. The first-order valence-corrected chi connectivity index (χ1v) is 7.89. The summed E-state index contributed by atoms with van der Waals surface area (Å²) >= 11 is 0. The van der Waals surface area contributed by atoms with E-state index in [4.69, 9.17) is 10.00 Å². The zero-order valence-electron chi connectivity index (χ0n) is 13.3. The molecule has 6 nitrogen and oxygen atoms in total. The van der Waals surface area contributed by atoms with Crippen LogP contribution in [0.2, 0.25) is 0 Å². The molecular formula is C16H25N5O. The Kier molecular flexibility index (Phi) is 7.10. The van der Waals surface area contributed by atoms with Crippen LogP contribution in [0.4, 0.5) is 5.82 Å². The molecule has 1 N–H and O–H groups in total. The van der Waals surface area contributed by atoms with Gasteiger partial charge in [-0.2, -0.15) is 5.26 Å². The number of rotatable bonds is 8. The average Bonchev–Trinajstić information content (AvgIpc) is 2.59. The van der Waals surface area contributed by atoms with Crippen LogP contribution in [0.3, 0.4) is 0 Å². The van der Waals surface area contributed by atoms with Gasteiger partial charge in [-0.05, 0) is 25.6 Å². The van der Waals surface area contributed by atoms with Crippen molar-refractivity contribution >= 4 is 5.82 Å². The smallest absolute Gasteiger partial charge is 0.128 e. The van der Waals surface area contributed by atoms with Crippen molar-refractivity contribution in [3.05, 3.63) is 23.9 Å². The van der Waals surface area contributed by atoms with Crippen molar-refractivity contribution in [3.8, 4) is 6.07 Å². The van der Waals surface area contributed by atoms with Gasteiger partial charge in [-0.15, -0.1) is 0 Å². The molecule has 120 valence electrons. The van der Waals surface area contributed by atoms with Gasteiger partial charge in [0.15, 0.2) is 0 Å². The maximum atomic E-state index is 8.80. The van der Waals surface area contributed by atoms with E-state index in [2.05, 4.69) is 26.2 Å². The molecule has 0 bridgehead atoms. The summed E-state index contributed by atoms with van der Waals surface area (Å²) in [6, 6.07) is 5.87. The molecule has 1 aliphatic rings. The molecule has 0 saturated carbocycles. The molecule has 1 fully saturated rings. The van der Waals surface area contributed by atoms with Gasteiger partial charge >= 0.3 is 0 Å². The standard InChI is InChI=1S/C16H25N5O/c1-18-5-12-22-11-2-6-20-7-9-21(10-8-20)16-4-3-15(13-17)14-19-16/h3-4,14,18H,2,5-12H2,1H3. The van der Waals surface area contributed by atoms with Crippen LogP contribution < -0.4 is 10.2 Å². The van der Waals surface area contributed by atoms with Crippen molar-refractivity contribution < 1.29 is 4.74 Å². The highest BCUT2D eigenvalue weighted by molar-refractivity contribution is 5.42. The van der Waals surface area contributed by atoms with Gasteiger partial charge in [0.1, 0.15) is 11.9 Å². The fourth-order valence-electron chi connectivity index (χ4n) is 2.51. The summed E-state index contributed by atoms with van der Waals surface area (Å²) in [6.45, 7) is 7.70. The van der Waals surface area contributed by atoms with E-state index in [0.29, 0.717) is 5.56 Å². The molecule has 1 aliphatic heterocycles. The summed E-state index contributed by atoms with van der Waals surface area (Å²) in [6.07, 6.45) is 2.73. The number of pyridine rings is 1. The summed E-state index contributed by atoms with van der Waals surface area (Å²) in [4.78, 5) is 9.11. The Bertz CT molecular complexity index is 462. The number of ether oxygens (including phenoxy) is 1. The SMILES string of the molecule is CNCCOCCCN1CCN(c2ccc(C#N)cn2)CC1. The summed E-state index contributed by atoms with van der Waals surface area (Å²) < 4.78 is 5.54. The minimum absolute atomic E-state index is 0.612. The number of nitrogens with one attached hydrogen (secondary N) is 1. The van der Waals surface area contributed by atoms with Gasteiger partial charge in [-0.3, -0.25) is 4.90 Å². The van der Waals surface area contributed by atoms with Gasteiger partial charge in [0, 0.05) is 52.1 Å². The molecule has 22 heavy (non-hydrogen) atoms. The molecule has 2 rings (SSSR count). The Morgan fingerprint density at radius 1 is 1.27 bits per heavy atom. The monoisotopic (exact) mass is 303 g/mol. The van der Waals surface area contributed by atoms with Crippen LogP contribution in [-0.4, -0.2) is 69.4 Å². The van der Waals surface area contributed by atoms with Crippen molar-refractivity contribution in [1.82, 2.24) is 15.2 Å². The molecule has 0 radical (unpaired) electrons. The number of likely N-dealkylation sites (N-methyl/N-ethyl adjacent to an activating group) is 1. The lowest BCUT2D eigenvalue weighted by Gasteiger charge is -2.35. The van der Waals surface area contributed by atoms with E-state index >= 15 is 0 Å². The summed E-state index contributed by atoms with van der Waals surface area (Å²) in [5.41, 5.74) is 0.612. The summed E-state index contributed by atoms with van der Waals surface area (Å²) in [5, 5.41) is 11.9. The summed E-state index contributed by atoms with van der Waals surface area (Å²) in [5.74, 6) is 0.967. The van der Waals surface area contributed by atoms with Crippen molar-refractivity contribution in [2.45, 2.75) is 6.42 Å². The zero-order valence-corrected chi connectivity index (χ0v) is 13.3. The minimum Gasteiger partial charge on any atom is -0.380 e. The fraction of sp³-hybridized carbons (Fsp3) is 0.625. The van der Waals surface area contributed by atoms with Crippen LogP contribution in [-0.2, 0) is 4.74 Å². The number of anilines is 1. The van der Waals surface area contributed by atoms with Crippen LogP contribution in [0.25, 0.3) is 0 Å². The number of hydrogen-bond donors (Lipinski definition) is 1. The molecule has 1 aromatic heterocycles. The lowest BCUT2D eigenvalue weighted by molar-refractivity contribution is 0.122. The van der Waals surface area contributed by atoms with Crippen molar-refractivity contribution in [3.63, 3.8) is 0 Å². The van der Waals surface area contributed by atoms with Gasteiger partial charge in [-0.25, -0.2) is 4.98 Å². The molecular weight excluding hydrogens is 278 g/mol. The topological polar surface area (TPSA) is 64.4 Å². The molecule has 0 unspecified atom stereocenters.